The second kappa shape index (κ2) is 10.4. The van der Waals surface area contributed by atoms with Crippen molar-refractivity contribution in [1.29, 1.82) is 0 Å². The van der Waals surface area contributed by atoms with Gasteiger partial charge >= 0.3 is 6.03 Å². The number of ether oxygens (including phenoxy) is 2. The normalized spacial score (nSPS) is 24.4. The number of piperidine rings is 1. The van der Waals surface area contributed by atoms with E-state index in [0.717, 1.165) is 48.5 Å². The summed E-state index contributed by atoms with van der Waals surface area (Å²) in [6.45, 7) is 10.8. The second-order valence-electron chi connectivity index (χ2n) is 10.4. The van der Waals surface area contributed by atoms with Gasteiger partial charge in [-0.15, -0.1) is 0 Å². The summed E-state index contributed by atoms with van der Waals surface area (Å²) in [5, 5.41) is 6.58. The zero-order valence-corrected chi connectivity index (χ0v) is 21.0. The number of amides is 2. The first-order chi connectivity index (χ1) is 16.3. The summed E-state index contributed by atoms with van der Waals surface area (Å²) in [5.41, 5.74) is 2.70. The van der Waals surface area contributed by atoms with Gasteiger partial charge < -0.3 is 25.0 Å². The van der Waals surface area contributed by atoms with Crippen LogP contribution in [-0.2, 0) is 10.3 Å². The number of nitrogens with zero attached hydrogens (tertiary/aromatic N) is 1. The smallest absolute Gasteiger partial charge is 0.315 e. The maximum atomic E-state index is 13.1. The SMILES string of the molecule is COCCOc1ccc(-c2ccc(C(C)(C)NC(=O)NC3(C)CCN4CCC3CC4)cc2)cc1. The Labute approximate surface area is 204 Å². The van der Waals surface area contributed by atoms with Gasteiger partial charge in [0.15, 0.2) is 0 Å². The van der Waals surface area contributed by atoms with Gasteiger partial charge in [0, 0.05) is 19.2 Å². The van der Waals surface area contributed by atoms with Crippen molar-refractivity contribution in [2.45, 2.75) is 51.1 Å². The lowest BCUT2D eigenvalue weighted by Crippen LogP contribution is -2.57. The molecule has 184 valence electrons. The number of hydrogen-bond donors (Lipinski definition) is 2. The lowest BCUT2D eigenvalue weighted by Gasteiger charge is -2.39. The number of hydrogen-bond acceptors (Lipinski definition) is 4. The molecule has 2 aromatic rings. The molecule has 3 heterocycles. The molecular formula is C28H39N3O3. The van der Waals surface area contributed by atoms with Crippen molar-refractivity contribution in [1.82, 2.24) is 15.5 Å². The summed E-state index contributed by atoms with van der Waals surface area (Å²) in [4.78, 5) is 15.6. The minimum absolute atomic E-state index is 0.0824. The first-order valence-corrected chi connectivity index (χ1v) is 12.4. The standard InChI is InChI=1S/C28H39N3O3/c1-27(2,29-26(32)30-28(3)15-18-31-16-13-24(28)14-17-31)23-9-5-21(6-10-23)22-7-11-25(12-8-22)34-20-19-33-4/h5-12,24H,13-20H2,1-4H3,(H2,29,30,32). The summed E-state index contributed by atoms with van der Waals surface area (Å²) >= 11 is 0. The minimum atomic E-state index is -0.482. The third-order valence-corrected chi connectivity index (χ3v) is 7.61. The minimum Gasteiger partial charge on any atom is -0.491 e. The number of urea groups is 1. The van der Waals surface area contributed by atoms with E-state index in [-0.39, 0.29) is 11.6 Å². The van der Waals surface area contributed by atoms with Crippen molar-refractivity contribution < 1.29 is 14.3 Å². The second-order valence-corrected chi connectivity index (χ2v) is 10.4. The maximum Gasteiger partial charge on any atom is 0.315 e. The van der Waals surface area contributed by atoms with Crippen LogP contribution in [0.25, 0.3) is 11.1 Å². The van der Waals surface area contributed by atoms with Gasteiger partial charge in [-0.25, -0.2) is 4.79 Å². The molecule has 3 aliphatic heterocycles. The quantitative estimate of drug-likeness (QED) is 0.551. The van der Waals surface area contributed by atoms with E-state index >= 15 is 0 Å². The van der Waals surface area contributed by atoms with E-state index in [1.165, 1.54) is 12.8 Å². The molecule has 6 heteroatoms. The lowest BCUT2D eigenvalue weighted by atomic mass is 9.79. The number of fused-ring (bicyclic) bond motifs is 4. The molecule has 2 bridgehead atoms. The highest BCUT2D eigenvalue weighted by molar-refractivity contribution is 5.76. The molecular weight excluding hydrogens is 426 g/mol. The number of carbonyl (C=O) groups excluding carboxylic acids is 1. The molecule has 0 aromatic heterocycles. The number of nitrogens with one attached hydrogen (secondary N) is 2. The van der Waals surface area contributed by atoms with Gasteiger partial charge in [0.1, 0.15) is 12.4 Å². The molecule has 3 saturated heterocycles. The van der Waals surface area contributed by atoms with Gasteiger partial charge in [-0.1, -0.05) is 36.4 Å². The largest absolute Gasteiger partial charge is 0.491 e. The van der Waals surface area contributed by atoms with Crippen molar-refractivity contribution in [3.63, 3.8) is 0 Å². The Morgan fingerprint density at radius 3 is 2.24 bits per heavy atom. The molecule has 0 saturated carbocycles. The fraction of sp³-hybridized carbons (Fsp3) is 0.536. The fourth-order valence-corrected chi connectivity index (χ4v) is 5.27. The first kappa shape index (κ1) is 24.6. The van der Waals surface area contributed by atoms with Crippen molar-refractivity contribution in [3.8, 4) is 16.9 Å². The predicted octanol–water partition coefficient (Wildman–Crippen LogP) is 4.79. The lowest BCUT2D eigenvalue weighted by molar-refractivity contribution is 0.146. The number of benzene rings is 2. The van der Waals surface area contributed by atoms with Crippen LogP contribution < -0.4 is 15.4 Å². The van der Waals surface area contributed by atoms with Crippen LogP contribution in [0.4, 0.5) is 4.79 Å². The number of carbonyl (C=O) groups is 1. The van der Waals surface area contributed by atoms with Gasteiger partial charge in [0.25, 0.3) is 0 Å². The molecule has 1 atom stereocenters. The van der Waals surface area contributed by atoms with Crippen LogP contribution in [0, 0.1) is 5.92 Å². The van der Waals surface area contributed by atoms with Gasteiger partial charge in [0.05, 0.1) is 12.1 Å². The monoisotopic (exact) mass is 465 g/mol. The Bertz CT molecular complexity index is 950. The van der Waals surface area contributed by atoms with Crippen LogP contribution in [0.15, 0.2) is 48.5 Å². The average Bonchev–Trinajstić information content (AvgIpc) is 3.07. The Kier molecular flexibility index (Phi) is 7.48. The molecule has 0 aliphatic carbocycles. The van der Waals surface area contributed by atoms with Crippen LogP contribution in [0.2, 0.25) is 0 Å². The Morgan fingerprint density at radius 2 is 1.62 bits per heavy atom. The summed E-state index contributed by atoms with van der Waals surface area (Å²) in [6.07, 6.45) is 3.35. The Morgan fingerprint density at radius 1 is 1.00 bits per heavy atom. The van der Waals surface area contributed by atoms with Gasteiger partial charge in [0.2, 0.25) is 0 Å². The number of methoxy groups -OCH3 is 1. The molecule has 5 rings (SSSR count). The fourth-order valence-electron chi connectivity index (χ4n) is 5.27. The van der Waals surface area contributed by atoms with E-state index in [1.807, 2.05) is 12.1 Å². The molecule has 34 heavy (non-hydrogen) atoms. The number of rotatable bonds is 8. The van der Waals surface area contributed by atoms with Crippen molar-refractivity contribution in [3.05, 3.63) is 54.1 Å². The van der Waals surface area contributed by atoms with E-state index in [4.69, 9.17) is 9.47 Å². The zero-order valence-electron chi connectivity index (χ0n) is 21.0. The van der Waals surface area contributed by atoms with Crippen LogP contribution in [-0.4, -0.2) is 56.4 Å². The molecule has 0 radical (unpaired) electrons. The molecule has 0 spiro atoms. The summed E-state index contributed by atoms with van der Waals surface area (Å²) < 4.78 is 10.7. The van der Waals surface area contributed by atoms with Crippen molar-refractivity contribution in [2.24, 2.45) is 5.92 Å². The first-order valence-electron chi connectivity index (χ1n) is 12.4. The van der Waals surface area contributed by atoms with Gasteiger partial charge in [-0.3, -0.25) is 0 Å². The highest BCUT2D eigenvalue weighted by atomic mass is 16.5. The van der Waals surface area contributed by atoms with E-state index in [2.05, 4.69) is 72.7 Å². The Hall–Kier alpha value is -2.57. The van der Waals surface area contributed by atoms with Crippen LogP contribution in [0.1, 0.15) is 45.6 Å². The topological polar surface area (TPSA) is 62.8 Å². The third-order valence-electron chi connectivity index (χ3n) is 7.61. The van der Waals surface area contributed by atoms with Crippen LogP contribution in [0.3, 0.4) is 0 Å². The van der Waals surface area contributed by atoms with E-state index < -0.39 is 5.54 Å². The molecule has 3 fully saturated rings. The van der Waals surface area contributed by atoms with E-state index in [9.17, 15) is 4.79 Å². The van der Waals surface area contributed by atoms with Gasteiger partial charge in [-0.05, 0) is 87.9 Å². The van der Waals surface area contributed by atoms with Crippen molar-refractivity contribution in [2.75, 3.05) is 40.0 Å². The van der Waals surface area contributed by atoms with E-state index in [1.54, 1.807) is 7.11 Å². The average molecular weight is 466 g/mol. The van der Waals surface area contributed by atoms with Crippen LogP contribution >= 0.6 is 0 Å². The Balaban J connectivity index is 1.37. The highest BCUT2D eigenvalue weighted by Gasteiger charge is 2.41. The molecule has 6 nitrogen and oxygen atoms in total. The third kappa shape index (κ3) is 5.73. The van der Waals surface area contributed by atoms with Gasteiger partial charge in [-0.2, -0.15) is 0 Å². The summed E-state index contributed by atoms with van der Waals surface area (Å²) in [5.74, 6) is 1.39. The predicted molar refractivity (Wildman–Crippen MR) is 136 cm³/mol. The molecule has 2 aromatic carbocycles. The summed E-state index contributed by atoms with van der Waals surface area (Å²) in [7, 11) is 1.67. The maximum absolute atomic E-state index is 13.1. The molecule has 2 amide bonds. The molecule has 2 N–H and O–H groups in total. The molecule has 3 aliphatic rings. The van der Waals surface area contributed by atoms with Crippen molar-refractivity contribution >= 4 is 6.03 Å². The zero-order chi connectivity index (χ0) is 24.2. The highest BCUT2D eigenvalue weighted by Crippen LogP contribution is 2.35. The van der Waals surface area contributed by atoms with E-state index in [0.29, 0.717) is 19.1 Å². The summed E-state index contributed by atoms with van der Waals surface area (Å²) in [6, 6.07) is 16.4. The molecule has 1 unspecified atom stereocenters. The van der Waals surface area contributed by atoms with Crippen LogP contribution in [0.5, 0.6) is 5.75 Å².